The number of aryl methyl sites for hydroxylation is 1. The molecule has 6 nitrogen and oxygen atoms in total. The predicted molar refractivity (Wildman–Crippen MR) is 108 cm³/mol. The third kappa shape index (κ3) is 6.70. The van der Waals surface area contributed by atoms with Gasteiger partial charge in [0.1, 0.15) is 11.4 Å². The highest BCUT2D eigenvalue weighted by Gasteiger charge is 2.47. The maximum atomic E-state index is 13.3. The molecule has 1 aliphatic rings. The Balaban J connectivity index is 1.68. The van der Waals surface area contributed by atoms with E-state index in [-0.39, 0.29) is 24.1 Å². The lowest BCUT2D eigenvalue weighted by Crippen LogP contribution is -2.61. The lowest BCUT2D eigenvalue weighted by atomic mass is 9.66. The van der Waals surface area contributed by atoms with Gasteiger partial charge in [0.25, 0.3) is 0 Å². The van der Waals surface area contributed by atoms with Gasteiger partial charge in [-0.2, -0.15) is 0 Å². The molecule has 0 aliphatic heterocycles. The van der Waals surface area contributed by atoms with Crippen LogP contribution in [0.2, 0.25) is 11.3 Å². The SMILES string of the molecule is N[C@](CCCCB(O)O)(C(=O)O)[C@H]1C[C@H](NCCCc2cc(F)cc(Cl)c2)C1. The summed E-state index contributed by atoms with van der Waals surface area (Å²) in [6, 6.07) is 4.76. The van der Waals surface area contributed by atoms with E-state index >= 15 is 0 Å². The summed E-state index contributed by atoms with van der Waals surface area (Å²) in [5.74, 6) is -1.43. The molecule has 0 radical (unpaired) electrons. The van der Waals surface area contributed by atoms with E-state index in [4.69, 9.17) is 27.4 Å². The van der Waals surface area contributed by atoms with Crippen molar-refractivity contribution in [2.75, 3.05) is 6.54 Å². The van der Waals surface area contributed by atoms with Gasteiger partial charge in [-0.1, -0.05) is 24.4 Å². The second-order valence-corrected chi connectivity index (χ2v) is 8.21. The van der Waals surface area contributed by atoms with Crippen LogP contribution in [0.1, 0.15) is 44.1 Å². The highest BCUT2D eigenvalue weighted by atomic mass is 35.5. The van der Waals surface area contributed by atoms with Crippen LogP contribution in [0, 0.1) is 11.7 Å². The molecule has 0 bridgehead atoms. The first-order chi connectivity index (χ1) is 13.2. The summed E-state index contributed by atoms with van der Waals surface area (Å²) in [5, 5.41) is 31.1. The van der Waals surface area contributed by atoms with Gasteiger partial charge < -0.3 is 26.2 Å². The van der Waals surface area contributed by atoms with Crippen LogP contribution in [-0.2, 0) is 11.2 Å². The van der Waals surface area contributed by atoms with Crippen molar-refractivity contribution >= 4 is 24.7 Å². The standard InChI is InChI=1S/C19H29BClFN2O4/c21-15-8-13(9-16(22)12-15)4-3-7-24-17-10-14(11-17)19(23,18(25)26)5-1-2-6-20(27)28/h8-9,12,14,17,24,27-28H,1-7,10-11,23H2,(H,25,26)/t14-,17-,19-/m0/s1. The summed E-state index contributed by atoms with van der Waals surface area (Å²) < 4.78 is 13.3. The number of carboxylic acid groups (broad SMARTS) is 1. The van der Waals surface area contributed by atoms with E-state index in [1.807, 2.05) is 0 Å². The molecule has 2 rings (SSSR count). The number of carbonyl (C=O) groups is 1. The van der Waals surface area contributed by atoms with Crippen molar-refractivity contribution in [3.05, 3.63) is 34.6 Å². The quantitative estimate of drug-likeness (QED) is 0.264. The third-order valence-electron chi connectivity index (χ3n) is 5.57. The lowest BCUT2D eigenvalue weighted by molar-refractivity contribution is -0.148. The van der Waals surface area contributed by atoms with Gasteiger partial charge in [0.2, 0.25) is 0 Å². The fourth-order valence-corrected chi connectivity index (χ4v) is 4.03. The van der Waals surface area contributed by atoms with Gasteiger partial charge in [-0.05, 0) is 74.6 Å². The molecule has 1 aliphatic carbocycles. The number of aliphatic carboxylic acids is 1. The first kappa shape index (κ1) is 23.1. The molecule has 0 heterocycles. The molecule has 1 fully saturated rings. The zero-order valence-corrected chi connectivity index (χ0v) is 16.7. The zero-order valence-electron chi connectivity index (χ0n) is 15.9. The molecule has 1 atom stereocenters. The summed E-state index contributed by atoms with van der Waals surface area (Å²) >= 11 is 5.85. The van der Waals surface area contributed by atoms with E-state index in [1.54, 1.807) is 6.07 Å². The minimum atomic E-state index is -1.36. The Kier molecular flexibility index (Phi) is 8.70. The molecule has 0 saturated heterocycles. The number of benzene rings is 1. The molecule has 0 amide bonds. The number of rotatable bonds is 12. The van der Waals surface area contributed by atoms with Gasteiger partial charge in [0, 0.05) is 11.1 Å². The van der Waals surface area contributed by atoms with Crippen molar-refractivity contribution in [2.45, 2.75) is 62.8 Å². The number of hydrogen-bond acceptors (Lipinski definition) is 5. The third-order valence-corrected chi connectivity index (χ3v) is 5.78. The second kappa shape index (κ2) is 10.6. The van der Waals surface area contributed by atoms with Crippen LogP contribution < -0.4 is 11.1 Å². The van der Waals surface area contributed by atoms with Crippen LogP contribution in [0.4, 0.5) is 4.39 Å². The second-order valence-electron chi connectivity index (χ2n) is 7.77. The average molecular weight is 415 g/mol. The van der Waals surface area contributed by atoms with E-state index in [0.717, 1.165) is 18.5 Å². The summed E-state index contributed by atoms with van der Waals surface area (Å²) in [4.78, 5) is 11.7. The maximum absolute atomic E-state index is 13.3. The molecule has 156 valence electrons. The number of carboxylic acids is 1. The van der Waals surface area contributed by atoms with E-state index in [0.29, 0.717) is 43.5 Å². The van der Waals surface area contributed by atoms with E-state index in [1.165, 1.54) is 12.1 Å². The van der Waals surface area contributed by atoms with Gasteiger partial charge >= 0.3 is 13.1 Å². The predicted octanol–water partition coefficient (Wildman–Crippen LogP) is 2.21. The van der Waals surface area contributed by atoms with E-state index < -0.39 is 18.6 Å². The average Bonchev–Trinajstić information content (AvgIpc) is 2.55. The molecule has 0 aromatic heterocycles. The molecule has 1 aromatic rings. The fraction of sp³-hybridized carbons (Fsp3) is 0.632. The monoisotopic (exact) mass is 414 g/mol. The molecule has 28 heavy (non-hydrogen) atoms. The van der Waals surface area contributed by atoms with Crippen molar-refractivity contribution in [3.63, 3.8) is 0 Å². The molecule has 0 spiro atoms. The highest BCUT2D eigenvalue weighted by Crippen LogP contribution is 2.38. The summed E-state index contributed by atoms with van der Waals surface area (Å²) in [7, 11) is -1.36. The number of nitrogens with two attached hydrogens (primary N) is 1. The Morgan fingerprint density at radius 2 is 2.00 bits per heavy atom. The van der Waals surface area contributed by atoms with Gasteiger partial charge in [0.05, 0.1) is 0 Å². The minimum absolute atomic E-state index is 0.0939. The van der Waals surface area contributed by atoms with Crippen molar-refractivity contribution in [2.24, 2.45) is 11.7 Å². The Hall–Kier alpha value is -1.19. The van der Waals surface area contributed by atoms with Gasteiger partial charge in [-0.15, -0.1) is 0 Å². The summed E-state index contributed by atoms with van der Waals surface area (Å²) in [6.45, 7) is 0.755. The number of halogens is 2. The fourth-order valence-electron chi connectivity index (χ4n) is 3.79. The van der Waals surface area contributed by atoms with Crippen molar-refractivity contribution in [1.29, 1.82) is 0 Å². The summed E-state index contributed by atoms with van der Waals surface area (Å²) in [5.41, 5.74) is 5.78. The number of unbranched alkanes of at least 4 members (excludes halogenated alkanes) is 1. The Morgan fingerprint density at radius 1 is 1.29 bits per heavy atom. The smallest absolute Gasteiger partial charge is 0.451 e. The van der Waals surface area contributed by atoms with Crippen LogP contribution in [0.5, 0.6) is 0 Å². The Labute approximate surface area is 170 Å². The molecule has 1 aromatic carbocycles. The lowest BCUT2D eigenvalue weighted by Gasteiger charge is -2.45. The van der Waals surface area contributed by atoms with Crippen LogP contribution in [0.15, 0.2) is 18.2 Å². The zero-order chi connectivity index (χ0) is 20.7. The van der Waals surface area contributed by atoms with Crippen LogP contribution in [-0.4, -0.2) is 46.4 Å². The van der Waals surface area contributed by atoms with Crippen LogP contribution >= 0.6 is 11.6 Å². The van der Waals surface area contributed by atoms with Crippen molar-refractivity contribution < 1.29 is 24.3 Å². The largest absolute Gasteiger partial charge is 0.480 e. The van der Waals surface area contributed by atoms with Gasteiger partial charge in [0.15, 0.2) is 0 Å². The first-order valence-electron chi connectivity index (χ1n) is 9.77. The van der Waals surface area contributed by atoms with E-state index in [9.17, 15) is 14.3 Å². The molecule has 0 unspecified atom stereocenters. The van der Waals surface area contributed by atoms with Crippen LogP contribution in [0.3, 0.4) is 0 Å². The molecule has 6 N–H and O–H groups in total. The molecular weight excluding hydrogens is 385 g/mol. The van der Waals surface area contributed by atoms with Crippen LogP contribution in [0.25, 0.3) is 0 Å². The topological polar surface area (TPSA) is 116 Å². The first-order valence-corrected chi connectivity index (χ1v) is 10.2. The molecule has 9 heteroatoms. The van der Waals surface area contributed by atoms with Crippen molar-refractivity contribution in [1.82, 2.24) is 5.32 Å². The Bertz CT molecular complexity index is 641. The highest BCUT2D eigenvalue weighted by molar-refractivity contribution is 6.40. The molecular formula is C19H29BClFN2O4. The normalized spacial score (nSPS) is 21.0. The van der Waals surface area contributed by atoms with Crippen molar-refractivity contribution in [3.8, 4) is 0 Å². The maximum Gasteiger partial charge on any atom is 0.451 e. The van der Waals surface area contributed by atoms with E-state index in [2.05, 4.69) is 5.32 Å². The Morgan fingerprint density at radius 3 is 2.61 bits per heavy atom. The minimum Gasteiger partial charge on any atom is -0.480 e. The van der Waals surface area contributed by atoms with Gasteiger partial charge in [-0.25, -0.2) is 4.39 Å². The van der Waals surface area contributed by atoms with Gasteiger partial charge in [-0.3, -0.25) is 4.79 Å². The number of nitrogens with one attached hydrogen (secondary N) is 1. The summed E-state index contributed by atoms with van der Waals surface area (Å²) in [6.07, 6.45) is 4.58. The number of hydrogen-bond donors (Lipinski definition) is 5. The molecule has 1 saturated carbocycles.